The van der Waals surface area contributed by atoms with Crippen LogP contribution in [0.2, 0.25) is 0 Å². The van der Waals surface area contributed by atoms with E-state index in [-0.39, 0.29) is 0 Å². The number of rotatable bonds is 4. The Morgan fingerprint density at radius 3 is 1.36 bits per heavy atom. The van der Waals surface area contributed by atoms with E-state index in [1.807, 2.05) is 12.1 Å². The molecule has 10 aromatic carbocycles. The SMILES string of the molecule is c1ccc(-c2c3ccccc3c(-c3ccccc3-c3cc4ccccc4c4ccccc34)c3ccccc23)c(-c2ccc3oc4ccccc4c3c2)c1. The van der Waals surface area contributed by atoms with Gasteiger partial charge in [-0.15, -0.1) is 0 Å². The molecule has 1 heteroatoms. The van der Waals surface area contributed by atoms with Gasteiger partial charge in [0.1, 0.15) is 11.2 Å². The average Bonchev–Trinajstić information content (AvgIpc) is 3.60. The van der Waals surface area contributed by atoms with Crippen molar-refractivity contribution in [1.82, 2.24) is 0 Å². The number of benzene rings is 10. The lowest BCUT2D eigenvalue weighted by Gasteiger charge is -2.21. The molecule has 0 bridgehead atoms. The van der Waals surface area contributed by atoms with Crippen molar-refractivity contribution in [3.63, 3.8) is 0 Å². The van der Waals surface area contributed by atoms with E-state index in [0.29, 0.717) is 0 Å². The maximum atomic E-state index is 6.21. The number of hydrogen-bond acceptors (Lipinski definition) is 1. The minimum Gasteiger partial charge on any atom is -0.456 e. The van der Waals surface area contributed by atoms with Gasteiger partial charge in [-0.2, -0.15) is 0 Å². The summed E-state index contributed by atoms with van der Waals surface area (Å²) in [5.41, 5.74) is 11.6. The second-order valence-corrected chi connectivity index (χ2v) is 13.9. The molecule has 0 unspecified atom stereocenters. The van der Waals surface area contributed by atoms with Crippen LogP contribution < -0.4 is 0 Å². The maximum absolute atomic E-state index is 6.21. The van der Waals surface area contributed by atoms with Crippen LogP contribution >= 0.6 is 0 Å². The normalized spacial score (nSPS) is 11.8. The van der Waals surface area contributed by atoms with E-state index in [1.54, 1.807) is 0 Å². The van der Waals surface area contributed by atoms with Crippen LogP contribution in [0.4, 0.5) is 0 Å². The predicted molar refractivity (Wildman–Crippen MR) is 225 cm³/mol. The molecular weight excluding hydrogens is 641 g/mol. The van der Waals surface area contributed by atoms with Crippen molar-refractivity contribution >= 4 is 65.0 Å². The zero-order valence-corrected chi connectivity index (χ0v) is 28.9. The second kappa shape index (κ2) is 11.8. The molecule has 0 aliphatic carbocycles. The van der Waals surface area contributed by atoms with Crippen molar-refractivity contribution in [2.24, 2.45) is 0 Å². The summed E-state index contributed by atoms with van der Waals surface area (Å²) < 4.78 is 6.21. The monoisotopic (exact) mass is 672 g/mol. The fourth-order valence-corrected chi connectivity index (χ4v) is 8.77. The lowest BCUT2D eigenvalue weighted by atomic mass is 9.81. The fraction of sp³-hybridized carbons (Fsp3) is 0. The summed E-state index contributed by atoms with van der Waals surface area (Å²) in [5.74, 6) is 0. The number of para-hydroxylation sites is 1. The second-order valence-electron chi connectivity index (χ2n) is 13.9. The van der Waals surface area contributed by atoms with Gasteiger partial charge in [0.15, 0.2) is 0 Å². The van der Waals surface area contributed by atoms with E-state index in [1.165, 1.54) is 87.6 Å². The molecule has 11 aromatic rings. The third-order valence-electron chi connectivity index (χ3n) is 11.1. The van der Waals surface area contributed by atoms with Crippen LogP contribution in [0.25, 0.3) is 110 Å². The van der Waals surface area contributed by atoms with E-state index in [2.05, 4.69) is 182 Å². The van der Waals surface area contributed by atoms with Crippen LogP contribution in [0.1, 0.15) is 0 Å². The Morgan fingerprint density at radius 2 is 0.698 bits per heavy atom. The number of fused-ring (bicyclic) bond motifs is 8. The predicted octanol–water partition coefficient (Wildman–Crippen LogP) is 14.9. The van der Waals surface area contributed by atoms with Crippen molar-refractivity contribution < 1.29 is 4.42 Å². The van der Waals surface area contributed by atoms with Gasteiger partial charge in [0.2, 0.25) is 0 Å². The summed E-state index contributed by atoms with van der Waals surface area (Å²) in [6.07, 6.45) is 0. The molecule has 0 saturated heterocycles. The molecule has 0 aliphatic rings. The Bertz CT molecular complexity index is 3180. The fourth-order valence-electron chi connectivity index (χ4n) is 8.77. The van der Waals surface area contributed by atoms with Gasteiger partial charge < -0.3 is 4.42 Å². The van der Waals surface area contributed by atoms with E-state index in [9.17, 15) is 0 Å². The van der Waals surface area contributed by atoms with Gasteiger partial charge >= 0.3 is 0 Å². The molecule has 0 radical (unpaired) electrons. The Morgan fingerprint density at radius 1 is 0.245 bits per heavy atom. The van der Waals surface area contributed by atoms with Crippen LogP contribution in [0.5, 0.6) is 0 Å². The topological polar surface area (TPSA) is 13.1 Å². The highest BCUT2D eigenvalue weighted by Gasteiger charge is 2.21. The van der Waals surface area contributed by atoms with E-state index < -0.39 is 0 Å². The Hall–Kier alpha value is -6.96. The highest BCUT2D eigenvalue weighted by Crippen LogP contribution is 2.49. The van der Waals surface area contributed by atoms with E-state index in [0.717, 1.165) is 21.9 Å². The first-order valence-corrected chi connectivity index (χ1v) is 18.3. The van der Waals surface area contributed by atoms with Gasteiger partial charge in [-0.05, 0) is 112 Å². The highest BCUT2D eigenvalue weighted by molar-refractivity contribution is 6.24. The summed E-state index contributed by atoms with van der Waals surface area (Å²) in [5, 5.41) is 12.3. The first-order valence-electron chi connectivity index (χ1n) is 18.3. The number of hydrogen-bond donors (Lipinski definition) is 0. The van der Waals surface area contributed by atoms with Crippen molar-refractivity contribution in [2.45, 2.75) is 0 Å². The van der Waals surface area contributed by atoms with Gasteiger partial charge in [0, 0.05) is 10.8 Å². The molecule has 0 N–H and O–H groups in total. The van der Waals surface area contributed by atoms with Crippen LogP contribution in [0.15, 0.2) is 199 Å². The summed E-state index contributed by atoms with van der Waals surface area (Å²) in [7, 11) is 0. The van der Waals surface area contributed by atoms with Crippen LogP contribution in [-0.4, -0.2) is 0 Å². The zero-order chi connectivity index (χ0) is 34.9. The third kappa shape index (κ3) is 4.58. The number of furan rings is 1. The molecule has 1 aromatic heterocycles. The standard InChI is InChI=1S/C52H32O/c1-2-16-35-33(15-1)31-47(38-19-5-4-18-37(35)38)39-20-6-8-23-42(39)52-45-26-11-9-24-43(45)51(44-25-10-12-27-46(44)52)41-22-7-3-17-36(41)34-29-30-50-48(32-34)40-21-13-14-28-49(40)53-50/h1-32H. The zero-order valence-electron chi connectivity index (χ0n) is 28.9. The molecule has 1 heterocycles. The molecule has 11 rings (SSSR count). The van der Waals surface area contributed by atoms with Gasteiger partial charge in [-0.3, -0.25) is 0 Å². The van der Waals surface area contributed by atoms with Crippen LogP contribution in [0.3, 0.4) is 0 Å². The lowest BCUT2D eigenvalue weighted by molar-refractivity contribution is 0.669. The van der Waals surface area contributed by atoms with E-state index >= 15 is 0 Å². The van der Waals surface area contributed by atoms with Crippen molar-refractivity contribution in [1.29, 1.82) is 0 Å². The molecule has 53 heavy (non-hydrogen) atoms. The summed E-state index contributed by atoms with van der Waals surface area (Å²) in [6, 6.07) is 70.7. The summed E-state index contributed by atoms with van der Waals surface area (Å²) >= 11 is 0. The molecule has 0 aliphatic heterocycles. The minimum atomic E-state index is 0.908. The quantitative estimate of drug-likeness (QED) is 0.134. The van der Waals surface area contributed by atoms with Gasteiger partial charge in [0.05, 0.1) is 0 Å². The summed E-state index contributed by atoms with van der Waals surface area (Å²) in [4.78, 5) is 0. The molecule has 0 atom stereocenters. The minimum absolute atomic E-state index is 0.908. The van der Waals surface area contributed by atoms with Gasteiger partial charge in [0.25, 0.3) is 0 Å². The first-order chi connectivity index (χ1) is 26.3. The lowest BCUT2D eigenvalue weighted by Crippen LogP contribution is -1.94. The largest absolute Gasteiger partial charge is 0.456 e. The molecule has 0 saturated carbocycles. The molecule has 246 valence electrons. The Kier molecular flexibility index (Phi) is 6.62. The Labute approximate surface area is 307 Å². The van der Waals surface area contributed by atoms with Crippen molar-refractivity contribution in [3.05, 3.63) is 194 Å². The molecular formula is C52H32O. The first kappa shape index (κ1) is 29.7. The highest BCUT2D eigenvalue weighted by atomic mass is 16.3. The Balaban J connectivity index is 1.20. The van der Waals surface area contributed by atoms with Crippen LogP contribution in [-0.2, 0) is 0 Å². The molecule has 0 fully saturated rings. The molecule has 0 amide bonds. The van der Waals surface area contributed by atoms with Gasteiger partial charge in [-0.25, -0.2) is 0 Å². The van der Waals surface area contributed by atoms with Crippen molar-refractivity contribution in [2.75, 3.05) is 0 Å². The average molecular weight is 673 g/mol. The smallest absolute Gasteiger partial charge is 0.135 e. The third-order valence-corrected chi connectivity index (χ3v) is 11.1. The molecule has 0 spiro atoms. The van der Waals surface area contributed by atoms with Crippen LogP contribution in [0, 0.1) is 0 Å². The maximum Gasteiger partial charge on any atom is 0.135 e. The summed E-state index contributed by atoms with van der Waals surface area (Å²) in [6.45, 7) is 0. The van der Waals surface area contributed by atoms with Gasteiger partial charge in [-0.1, -0.05) is 170 Å². The molecule has 1 nitrogen and oxygen atoms in total. The van der Waals surface area contributed by atoms with E-state index in [4.69, 9.17) is 4.42 Å². The van der Waals surface area contributed by atoms with Crippen molar-refractivity contribution in [3.8, 4) is 44.5 Å².